The van der Waals surface area contributed by atoms with Crippen LogP contribution in [0.1, 0.15) is 12.6 Å². The van der Waals surface area contributed by atoms with Crippen LogP contribution in [-0.4, -0.2) is 18.1 Å². The van der Waals surface area contributed by atoms with Gasteiger partial charge in [0.05, 0.1) is 5.69 Å². The van der Waals surface area contributed by atoms with Gasteiger partial charge in [-0.15, -0.1) is 0 Å². The van der Waals surface area contributed by atoms with E-state index >= 15 is 0 Å². The van der Waals surface area contributed by atoms with E-state index in [0.717, 1.165) is 17.7 Å². The minimum Gasteiger partial charge on any atom is -0.444 e. The highest BCUT2D eigenvalue weighted by Gasteiger charge is 2.09. The average Bonchev–Trinajstić information content (AvgIpc) is 2.77. The second kappa shape index (κ2) is 5.34. The minimum atomic E-state index is 0.382. The molecular weight excluding hydrogens is 236 g/mol. The van der Waals surface area contributed by atoms with Crippen molar-refractivity contribution in [3.8, 4) is 11.5 Å². The Kier molecular flexibility index (Phi) is 3.82. The van der Waals surface area contributed by atoms with Crippen molar-refractivity contribution in [3.63, 3.8) is 0 Å². The van der Waals surface area contributed by atoms with Crippen LogP contribution in [0.4, 0.5) is 0 Å². The van der Waals surface area contributed by atoms with Gasteiger partial charge in [-0.05, 0) is 32.2 Å². The van der Waals surface area contributed by atoms with Crippen LogP contribution in [-0.2, 0) is 6.42 Å². The summed E-state index contributed by atoms with van der Waals surface area (Å²) in [6.07, 6.45) is 2.55. The fourth-order valence-electron chi connectivity index (χ4n) is 1.57. The molecule has 17 heavy (non-hydrogen) atoms. The number of rotatable bonds is 4. The third-order valence-electron chi connectivity index (χ3n) is 2.63. The molecular formula is C13H15ClN2O. The maximum atomic E-state index is 5.93. The molecule has 0 saturated heterocycles. The number of hydrogen-bond donors (Lipinski definition) is 1. The molecule has 0 aliphatic carbocycles. The number of oxazole rings is 1. The molecule has 0 spiro atoms. The van der Waals surface area contributed by atoms with E-state index in [0.29, 0.717) is 17.0 Å². The number of aromatic nitrogens is 1. The number of nitrogens with one attached hydrogen (secondary N) is 1. The molecule has 0 saturated carbocycles. The molecule has 2 aromatic rings. The van der Waals surface area contributed by atoms with Crippen molar-refractivity contribution in [2.45, 2.75) is 19.4 Å². The van der Waals surface area contributed by atoms with Crippen molar-refractivity contribution >= 4 is 11.6 Å². The molecule has 1 atom stereocenters. The molecule has 1 aromatic carbocycles. The van der Waals surface area contributed by atoms with E-state index in [1.54, 1.807) is 6.26 Å². The second-order valence-corrected chi connectivity index (χ2v) is 4.48. The monoisotopic (exact) mass is 250 g/mol. The van der Waals surface area contributed by atoms with Crippen LogP contribution in [0.2, 0.25) is 5.02 Å². The molecule has 2 rings (SSSR count). The Morgan fingerprint density at radius 3 is 3.00 bits per heavy atom. The van der Waals surface area contributed by atoms with Gasteiger partial charge in [-0.1, -0.05) is 17.7 Å². The van der Waals surface area contributed by atoms with Crippen molar-refractivity contribution in [3.05, 3.63) is 41.2 Å². The quantitative estimate of drug-likeness (QED) is 0.906. The summed E-state index contributed by atoms with van der Waals surface area (Å²) in [6.45, 7) is 2.10. The zero-order valence-corrected chi connectivity index (χ0v) is 10.7. The number of halogens is 1. The van der Waals surface area contributed by atoms with E-state index in [-0.39, 0.29) is 0 Å². The zero-order valence-electron chi connectivity index (χ0n) is 9.90. The van der Waals surface area contributed by atoms with Crippen LogP contribution in [0, 0.1) is 0 Å². The maximum Gasteiger partial charge on any atom is 0.226 e. The van der Waals surface area contributed by atoms with Crippen molar-refractivity contribution in [2.24, 2.45) is 0 Å². The molecule has 0 radical (unpaired) electrons. The average molecular weight is 251 g/mol. The molecule has 1 N–H and O–H groups in total. The highest BCUT2D eigenvalue weighted by molar-refractivity contribution is 6.30. The number of nitrogens with zero attached hydrogens (tertiary/aromatic N) is 1. The summed E-state index contributed by atoms with van der Waals surface area (Å²) < 4.78 is 5.45. The maximum absolute atomic E-state index is 5.93. The summed E-state index contributed by atoms with van der Waals surface area (Å²) in [5.41, 5.74) is 1.85. The minimum absolute atomic E-state index is 0.382. The standard InChI is InChI=1S/C13H15ClN2O/c1-9(15-2)6-12-8-17-13(16-12)10-4-3-5-11(14)7-10/h3-5,7-9,15H,6H2,1-2H3. The first-order chi connectivity index (χ1) is 8.19. The molecule has 0 bridgehead atoms. The lowest BCUT2D eigenvalue weighted by molar-refractivity contribution is 0.565. The molecule has 0 aliphatic heterocycles. The fourth-order valence-corrected chi connectivity index (χ4v) is 1.76. The van der Waals surface area contributed by atoms with Gasteiger partial charge < -0.3 is 9.73 Å². The second-order valence-electron chi connectivity index (χ2n) is 4.05. The van der Waals surface area contributed by atoms with Gasteiger partial charge in [0.1, 0.15) is 6.26 Å². The van der Waals surface area contributed by atoms with E-state index in [1.807, 2.05) is 31.3 Å². The summed E-state index contributed by atoms with van der Waals surface area (Å²) in [5.74, 6) is 0.616. The largest absolute Gasteiger partial charge is 0.444 e. The van der Waals surface area contributed by atoms with Crippen LogP contribution >= 0.6 is 11.6 Å². The lowest BCUT2D eigenvalue weighted by Gasteiger charge is -2.05. The zero-order chi connectivity index (χ0) is 12.3. The Morgan fingerprint density at radius 1 is 1.47 bits per heavy atom. The van der Waals surface area contributed by atoms with Crippen LogP contribution in [0.15, 0.2) is 34.9 Å². The molecule has 3 nitrogen and oxygen atoms in total. The van der Waals surface area contributed by atoms with E-state index in [9.17, 15) is 0 Å². The van der Waals surface area contributed by atoms with Crippen molar-refractivity contribution in [2.75, 3.05) is 7.05 Å². The number of likely N-dealkylation sites (N-methyl/N-ethyl adjacent to an activating group) is 1. The molecule has 0 aliphatic rings. The lowest BCUT2D eigenvalue weighted by atomic mass is 10.2. The van der Waals surface area contributed by atoms with E-state index < -0.39 is 0 Å². The van der Waals surface area contributed by atoms with Gasteiger partial charge in [0.15, 0.2) is 0 Å². The summed E-state index contributed by atoms with van der Waals surface area (Å²) in [6, 6.07) is 7.88. The molecule has 1 unspecified atom stereocenters. The van der Waals surface area contributed by atoms with Crippen LogP contribution < -0.4 is 5.32 Å². The molecule has 1 heterocycles. The third-order valence-corrected chi connectivity index (χ3v) is 2.87. The predicted molar refractivity (Wildman–Crippen MR) is 69.2 cm³/mol. The SMILES string of the molecule is CNC(C)Cc1coc(-c2cccc(Cl)c2)n1. The van der Waals surface area contributed by atoms with Crippen LogP contribution in [0.5, 0.6) is 0 Å². The Bertz CT molecular complexity index is 496. The lowest BCUT2D eigenvalue weighted by Crippen LogP contribution is -2.23. The molecule has 0 amide bonds. The number of benzene rings is 1. The summed E-state index contributed by atoms with van der Waals surface area (Å²) in [5, 5.41) is 3.85. The number of hydrogen-bond acceptors (Lipinski definition) is 3. The van der Waals surface area contributed by atoms with E-state index in [2.05, 4.69) is 17.2 Å². The third kappa shape index (κ3) is 3.08. The smallest absolute Gasteiger partial charge is 0.226 e. The van der Waals surface area contributed by atoms with E-state index in [4.69, 9.17) is 16.0 Å². The first-order valence-electron chi connectivity index (χ1n) is 5.56. The van der Waals surface area contributed by atoms with Crippen molar-refractivity contribution in [1.29, 1.82) is 0 Å². The Hall–Kier alpha value is -1.32. The van der Waals surface area contributed by atoms with Gasteiger partial charge >= 0.3 is 0 Å². The van der Waals surface area contributed by atoms with Crippen LogP contribution in [0.25, 0.3) is 11.5 Å². The topological polar surface area (TPSA) is 38.1 Å². The summed E-state index contributed by atoms with van der Waals surface area (Å²) in [4.78, 5) is 4.44. The molecule has 4 heteroatoms. The van der Waals surface area contributed by atoms with Gasteiger partial charge in [-0.2, -0.15) is 0 Å². The summed E-state index contributed by atoms with van der Waals surface area (Å²) in [7, 11) is 1.93. The van der Waals surface area contributed by atoms with Crippen molar-refractivity contribution in [1.82, 2.24) is 10.3 Å². The molecule has 90 valence electrons. The first-order valence-corrected chi connectivity index (χ1v) is 5.94. The highest BCUT2D eigenvalue weighted by atomic mass is 35.5. The van der Waals surface area contributed by atoms with Gasteiger partial charge in [-0.25, -0.2) is 4.98 Å². The first kappa shape index (κ1) is 12.1. The predicted octanol–water partition coefficient (Wildman–Crippen LogP) is 3.15. The van der Waals surface area contributed by atoms with Gasteiger partial charge in [0.25, 0.3) is 0 Å². The highest BCUT2D eigenvalue weighted by Crippen LogP contribution is 2.22. The fraction of sp³-hybridized carbons (Fsp3) is 0.308. The Morgan fingerprint density at radius 2 is 2.29 bits per heavy atom. The molecule has 1 aromatic heterocycles. The molecule has 0 fully saturated rings. The van der Waals surface area contributed by atoms with Gasteiger partial charge in [0, 0.05) is 23.0 Å². The van der Waals surface area contributed by atoms with E-state index in [1.165, 1.54) is 0 Å². The van der Waals surface area contributed by atoms with Gasteiger partial charge in [-0.3, -0.25) is 0 Å². The van der Waals surface area contributed by atoms with Crippen molar-refractivity contribution < 1.29 is 4.42 Å². The summed E-state index contributed by atoms with van der Waals surface area (Å²) >= 11 is 5.93. The van der Waals surface area contributed by atoms with Gasteiger partial charge in [0.2, 0.25) is 5.89 Å². The Balaban J connectivity index is 2.18. The Labute approximate surface area is 106 Å². The normalized spacial score (nSPS) is 12.6. The van der Waals surface area contributed by atoms with Crippen LogP contribution in [0.3, 0.4) is 0 Å².